The molecule has 0 amide bonds. The predicted molar refractivity (Wildman–Crippen MR) is 64.0 cm³/mol. The van der Waals surface area contributed by atoms with Gasteiger partial charge in [-0.15, -0.1) is 0 Å². The first kappa shape index (κ1) is 19.5. The van der Waals surface area contributed by atoms with Gasteiger partial charge in [0.25, 0.3) is 10.0 Å². The molecule has 5 nitrogen and oxygen atoms in total. The van der Waals surface area contributed by atoms with Gasteiger partial charge in [-0.25, -0.2) is 16.8 Å². The van der Waals surface area contributed by atoms with Crippen LogP contribution in [-0.2, 0) is 19.9 Å². The molecule has 1 aliphatic rings. The van der Waals surface area contributed by atoms with Crippen molar-refractivity contribution in [1.29, 1.82) is 0 Å². The van der Waals surface area contributed by atoms with Gasteiger partial charge in [-0.1, -0.05) is 6.42 Å². The van der Waals surface area contributed by atoms with Crippen LogP contribution in [0.2, 0.25) is 0 Å². The summed E-state index contributed by atoms with van der Waals surface area (Å²) in [7, 11) is -12.1. The monoisotopic (exact) mass is 377 g/mol. The van der Waals surface area contributed by atoms with E-state index in [0.717, 1.165) is 0 Å². The number of hydrogen-bond donors (Lipinski definition) is 0. The molecule has 1 aliphatic heterocycles. The molecule has 0 saturated carbocycles. The molecule has 0 bridgehead atoms. The maximum absolute atomic E-state index is 13.7. The van der Waals surface area contributed by atoms with Crippen LogP contribution >= 0.6 is 0 Å². The van der Waals surface area contributed by atoms with E-state index in [-0.39, 0.29) is 23.4 Å². The van der Waals surface area contributed by atoms with Crippen molar-refractivity contribution in [3.05, 3.63) is 0 Å². The van der Waals surface area contributed by atoms with Crippen molar-refractivity contribution in [1.82, 2.24) is 4.31 Å². The number of halogens is 6. The molecule has 0 aromatic carbocycles. The highest BCUT2D eigenvalue weighted by molar-refractivity contribution is 7.92. The Morgan fingerprint density at radius 3 is 1.55 bits per heavy atom. The maximum atomic E-state index is 13.7. The van der Waals surface area contributed by atoms with Gasteiger partial charge >= 0.3 is 16.4 Å². The Balaban J connectivity index is 3.37. The van der Waals surface area contributed by atoms with E-state index < -0.39 is 49.4 Å². The Morgan fingerprint density at radius 2 is 1.18 bits per heavy atom. The van der Waals surface area contributed by atoms with E-state index in [4.69, 9.17) is 0 Å². The molecular weight excluding hydrogens is 364 g/mol. The molecule has 132 valence electrons. The van der Waals surface area contributed by atoms with Gasteiger partial charge in [-0.3, -0.25) is 0 Å². The molecule has 0 aliphatic carbocycles. The first-order valence-corrected chi connectivity index (χ1v) is 9.26. The number of sulfonamides is 1. The van der Waals surface area contributed by atoms with Gasteiger partial charge < -0.3 is 0 Å². The topological polar surface area (TPSA) is 71.5 Å². The summed E-state index contributed by atoms with van der Waals surface area (Å²) in [4.78, 5) is 0. The summed E-state index contributed by atoms with van der Waals surface area (Å²) in [5, 5.41) is -12.5. The summed E-state index contributed by atoms with van der Waals surface area (Å²) >= 11 is 0. The third kappa shape index (κ3) is 2.70. The highest BCUT2D eigenvalue weighted by Gasteiger charge is 2.81. The maximum Gasteiger partial charge on any atom is 0.428 e. The van der Waals surface area contributed by atoms with E-state index in [1.165, 1.54) is 0 Å². The Labute approximate surface area is 123 Å². The molecule has 22 heavy (non-hydrogen) atoms. The van der Waals surface area contributed by atoms with Crippen LogP contribution in [0.4, 0.5) is 26.3 Å². The standard InChI is InChI=1S/C9H13F6NO4S2/c1-21(17,18)8(12,13)7(10,11)9(14,15)22(19,20)16-5-3-2-4-6-16/h2-6H2,1H3. The Bertz CT molecular complexity index is 624. The van der Waals surface area contributed by atoms with Crippen LogP contribution in [0, 0.1) is 0 Å². The van der Waals surface area contributed by atoms with Crippen LogP contribution in [0.3, 0.4) is 0 Å². The minimum Gasteiger partial charge on any atom is -0.223 e. The average molecular weight is 377 g/mol. The summed E-state index contributed by atoms with van der Waals surface area (Å²) in [5.74, 6) is -6.62. The highest BCUT2D eigenvalue weighted by Crippen LogP contribution is 2.51. The Kier molecular flexibility index (Phi) is 4.88. The Morgan fingerprint density at radius 1 is 0.773 bits per heavy atom. The van der Waals surface area contributed by atoms with Gasteiger partial charge in [-0.05, 0) is 12.8 Å². The normalized spacial score (nSPS) is 20.1. The van der Waals surface area contributed by atoms with Crippen molar-refractivity contribution < 1.29 is 43.2 Å². The molecule has 1 heterocycles. The first-order valence-electron chi connectivity index (χ1n) is 5.93. The lowest BCUT2D eigenvalue weighted by molar-refractivity contribution is -0.244. The van der Waals surface area contributed by atoms with Crippen molar-refractivity contribution in [2.75, 3.05) is 19.3 Å². The van der Waals surface area contributed by atoms with Crippen LogP contribution in [0.1, 0.15) is 19.3 Å². The second-order valence-electron chi connectivity index (χ2n) is 4.84. The molecular formula is C9H13F6NO4S2. The minimum absolute atomic E-state index is 0.0250. The van der Waals surface area contributed by atoms with Crippen molar-refractivity contribution in [3.8, 4) is 0 Å². The summed E-state index contributed by atoms with van der Waals surface area (Å²) in [6, 6.07) is 0. The van der Waals surface area contributed by atoms with Crippen molar-refractivity contribution in [2.24, 2.45) is 0 Å². The number of sulfone groups is 1. The lowest BCUT2D eigenvalue weighted by Gasteiger charge is -2.35. The van der Waals surface area contributed by atoms with Crippen LogP contribution < -0.4 is 0 Å². The van der Waals surface area contributed by atoms with Gasteiger partial charge in [-0.2, -0.15) is 30.6 Å². The molecule has 0 atom stereocenters. The summed E-state index contributed by atoms with van der Waals surface area (Å²) in [6.07, 6.45) is 0.282. The lowest BCUT2D eigenvalue weighted by atomic mass is 10.2. The van der Waals surface area contributed by atoms with Crippen LogP contribution in [0.15, 0.2) is 0 Å². The lowest BCUT2D eigenvalue weighted by Crippen LogP contribution is -2.63. The quantitative estimate of drug-likeness (QED) is 0.684. The van der Waals surface area contributed by atoms with Crippen molar-refractivity contribution >= 4 is 19.9 Å². The minimum atomic E-state index is -6.62. The van der Waals surface area contributed by atoms with E-state index in [0.29, 0.717) is 6.42 Å². The summed E-state index contributed by atoms with van der Waals surface area (Å²) in [5.41, 5.74) is 0. The second kappa shape index (κ2) is 5.51. The van der Waals surface area contributed by atoms with Crippen molar-refractivity contribution in [2.45, 2.75) is 35.7 Å². The summed E-state index contributed by atoms with van der Waals surface area (Å²) in [6.45, 7) is -1.06. The third-order valence-electron chi connectivity index (χ3n) is 3.18. The zero-order valence-electron chi connectivity index (χ0n) is 11.2. The van der Waals surface area contributed by atoms with Crippen LogP contribution in [0.25, 0.3) is 0 Å². The van der Waals surface area contributed by atoms with E-state index in [2.05, 4.69) is 0 Å². The second-order valence-corrected chi connectivity index (χ2v) is 8.88. The Hall–Kier alpha value is -0.560. The van der Waals surface area contributed by atoms with E-state index in [1.54, 1.807) is 0 Å². The average Bonchev–Trinajstić information content (AvgIpc) is 2.37. The first-order chi connectivity index (χ1) is 9.61. The molecule has 0 spiro atoms. The van der Waals surface area contributed by atoms with E-state index in [1.807, 2.05) is 0 Å². The number of nitrogens with zero attached hydrogens (tertiary/aromatic N) is 1. The molecule has 0 N–H and O–H groups in total. The van der Waals surface area contributed by atoms with Gasteiger partial charge in [0.05, 0.1) is 0 Å². The fourth-order valence-electron chi connectivity index (χ4n) is 1.83. The van der Waals surface area contributed by atoms with Crippen LogP contribution in [-0.4, -0.2) is 56.9 Å². The fraction of sp³-hybridized carbons (Fsp3) is 1.00. The summed E-state index contributed by atoms with van der Waals surface area (Å²) < 4.78 is 125. The third-order valence-corrected chi connectivity index (χ3v) is 6.31. The van der Waals surface area contributed by atoms with Gasteiger partial charge in [0.15, 0.2) is 0 Å². The van der Waals surface area contributed by atoms with Gasteiger partial charge in [0.2, 0.25) is 9.84 Å². The van der Waals surface area contributed by atoms with E-state index in [9.17, 15) is 43.2 Å². The fourth-order valence-corrected chi connectivity index (χ4v) is 4.01. The van der Waals surface area contributed by atoms with Crippen LogP contribution in [0.5, 0.6) is 0 Å². The molecule has 0 aromatic heterocycles. The molecule has 1 rings (SSSR count). The molecule has 1 fully saturated rings. The molecule has 0 aromatic rings. The smallest absolute Gasteiger partial charge is 0.223 e. The van der Waals surface area contributed by atoms with Crippen molar-refractivity contribution in [3.63, 3.8) is 0 Å². The number of rotatable bonds is 5. The number of hydrogen-bond acceptors (Lipinski definition) is 4. The zero-order valence-corrected chi connectivity index (χ0v) is 12.8. The largest absolute Gasteiger partial charge is 0.428 e. The number of piperidine rings is 1. The predicted octanol–water partition coefficient (Wildman–Crippen LogP) is 1.67. The molecule has 0 radical (unpaired) electrons. The van der Waals surface area contributed by atoms with Gasteiger partial charge in [0, 0.05) is 19.3 Å². The molecule has 13 heteroatoms. The molecule has 0 unspecified atom stereocenters. The highest BCUT2D eigenvalue weighted by atomic mass is 32.2. The van der Waals surface area contributed by atoms with E-state index >= 15 is 0 Å². The molecule has 1 saturated heterocycles. The zero-order chi connectivity index (χ0) is 17.6. The van der Waals surface area contributed by atoms with Gasteiger partial charge in [0.1, 0.15) is 0 Å². The number of alkyl halides is 6. The SMILES string of the molecule is CS(=O)(=O)C(F)(F)C(F)(F)C(F)(F)S(=O)(=O)N1CCCCC1.